The highest BCUT2D eigenvalue weighted by Gasteiger charge is 2.15. The maximum absolute atomic E-state index is 12.5. The van der Waals surface area contributed by atoms with Crippen LogP contribution in [-0.4, -0.2) is 114 Å². The van der Waals surface area contributed by atoms with Crippen molar-refractivity contribution in [2.75, 3.05) is 79.1 Å². The second-order valence-corrected chi connectivity index (χ2v) is 14.7. The molecule has 0 saturated carbocycles. The van der Waals surface area contributed by atoms with E-state index in [4.69, 9.17) is 38.3 Å². The van der Waals surface area contributed by atoms with Crippen molar-refractivity contribution >= 4 is 11.9 Å². The van der Waals surface area contributed by atoms with Crippen LogP contribution in [0.1, 0.15) is 182 Å². The molecule has 0 aliphatic heterocycles. The average Bonchev–Trinajstić information content (AvgIpc) is 3.18. The number of rotatable bonds is 45. The molecule has 0 fully saturated rings. The first kappa shape index (κ1) is 53.7. The lowest BCUT2D eigenvalue weighted by atomic mass is 10.2. The van der Waals surface area contributed by atoms with Gasteiger partial charge in [-0.15, -0.1) is 0 Å². The molecule has 0 aliphatic carbocycles. The number of aliphatic hydroxyl groups is 1. The first-order valence-electron chi connectivity index (χ1n) is 22.7. The van der Waals surface area contributed by atoms with Crippen molar-refractivity contribution in [3.05, 3.63) is 0 Å². The van der Waals surface area contributed by atoms with E-state index < -0.39 is 0 Å². The number of aliphatic hydroxyl groups excluding tert-OH is 1. The monoisotopic (exact) mass is 790 g/mol. The molecule has 1 N–H and O–H groups in total. The third-order valence-electron chi connectivity index (χ3n) is 9.43. The summed E-state index contributed by atoms with van der Waals surface area (Å²) >= 11 is 0. The van der Waals surface area contributed by atoms with Gasteiger partial charge in [0.15, 0.2) is 12.6 Å². The molecule has 0 radical (unpaired) electrons. The predicted molar refractivity (Wildman–Crippen MR) is 221 cm³/mol. The van der Waals surface area contributed by atoms with E-state index in [0.717, 1.165) is 96.7 Å². The average molecular weight is 790 g/mol. The number of nitrogens with zero attached hydrogens (tertiary/aromatic N) is 1. The fourth-order valence-corrected chi connectivity index (χ4v) is 5.96. The normalized spacial score (nSPS) is 11.7. The highest BCUT2D eigenvalue weighted by molar-refractivity contribution is 5.69. The van der Waals surface area contributed by atoms with E-state index in [1.807, 2.05) is 0 Å². The van der Waals surface area contributed by atoms with Gasteiger partial charge in [-0.05, 0) is 64.5 Å². The summed E-state index contributed by atoms with van der Waals surface area (Å²) in [5, 5.41) is 9.08. The minimum absolute atomic E-state index is 0.00453. The lowest BCUT2D eigenvalue weighted by molar-refractivity contribution is -0.159. The number of carbonyl (C=O) groups excluding carboxylic acids is 2. The van der Waals surface area contributed by atoms with Crippen LogP contribution >= 0.6 is 0 Å². The summed E-state index contributed by atoms with van der Waals surface area (Å²) in [6.07, 6.45) is 22.4. The van der Waals surface area contributed by atoms with E-state index in [9.17, 15) is 9.59 Å². The quantitative estimate of drug-likeness (QED) is 0.0361. The Bertz CT molecular complexity index is 719. The Hall–Kier alpha value is -1.34. The van der Waals surface area contributed by atoms with Crippen LogP contribution in [0.25, 0.3) is 0 Å². The molecule has 0 spiro atoms. The minimum Gasteiger partial charge on any atom is -0.466 e. The molecular weight excluding hydrogens is 702 g/mol. The van der Waals surface area contributed by atoms with Gasteiger partial charge in [-0.1, -0.05) is 105 Å². The Balaban J connectivity index is 4.47. The molecule has 0 aromatic carbocycles. The first-order valence-corrected chi connectivity index (χ1v) is 22.7. The van der Waals surface area contributed by atoms with Crippen LogP contribution in [0, 0.1) is 0 Å². The SMILES string of the molecule is CCCCCCOC(CCC(=O)OCCCCN(CCCCOC(=O)CCC(OCCCCCC)OCCCCCC)CCOCCO)OCCCCCC. The maximum Gasteiger partial charge on any atom is 0.305 e. The highest BCUT2D eigenvalue weighted by atomic mass is 16.7. The topological polar surface area (TPSA) is 122 Å². The van der Waals surface area contributed by atoms with Gasteiger partial charge in [0.1, 0.15) is 0 Å². The van der Waals surface area contributed by atoms with Crippen molar-refractivity contribution in [2.45, 2.75) is 194 Å². The predicted octanol–water partition coefficient (Wildman–Crippen LogP) is 9.54. The fourth-order valence-electron chi connectivity index (χ4n) is 5.96. The van der Waals surface area contributed by atoms with Crippen LogP contribution in [0.2, 0.25) is 0 Å². The largest absolute Gasteiger partial charge is 0.466 e. The number of ether oxygens (including phenoxy) is 7. The number of carbonyl (C=O) groups is 2. The standard InChI is InChI=1S/C44H87NO10/c1-5-9-13-19-35-52-43(53-36-20-14-10-6-2)27-25-41(47)50-33-23-17-29-45(31-39-49-40-32-46)30-18-24-34-51-42(48)26-28-44(54-37-21-15-11-7-3)55-38-22-16-12-8-4/h43-44,46H,5-40H2,1-4H3. The van der Waals surface area contributed by atoms with Gasteiger partial charge >= 0.3 is 11.9 Å². The summed E-state index contributed by atoms with van der Waals surface area (Å²) in [5.41, 5.74) is 0. The van der Waals surface area contributed by atoms with E-state index in [1.54, 1.807) is 0 Å². The Morgan fingerprint density at radius 1 is 0.436 bits per heavy atom. The summed E-state index contributed by atoms with van der Waals surface area (Å²) in [5.74, 6) is -0.420. The molecule has 0 heterocycles. The molecule has 0 amide bonds. The van der Waals surface area contributed by atoms with Crippen LogP contribution in [0.3, 0.4) is 0 Å². The first-order chi connectivity index (χ1) is 27.0. The van der Waals surface area contributed by atoms with Gasteiger partial charge in [0.25, 0.3) is 0 Å². The van der Waals surface area contributed by atoms with Gasteiger partial charge in [0.05, 0.1) is 45.9 Å². The molecule has 0 aromatic heterocycles. The molecule has 0 aromatic rings. The van der Waals surface area contributed by atoms with E-state index in [-0.39, 0.29) is 44.0 Å². The second-order valence-electron chi connectivity index (χ2n) is 14.7. The Kier molecular flexibility index (Phi) is 42.7. The smallest absolute Gasteiger partial charge is 0.305 e. The molecule has 0 saturated heterocycles. The summed E-state index contributed by atoms with van der Waals surface area (Å²) in [4.78, 5) is 27.4. The van der Waals surface area contributed by atoms with Crippen LogP contribution in [0.15, 0.2) is 0 Å². The number of esters is 2. The van der Waals surface area contributed by atoms with Crippen molar-refractivity contribution in [1.29, 1.82) is 0 Å². The summed E-state index contributed by atoms with van der Waals surface area (Å²) in [6, 6.07) is 0. The zero-order valence-electron chi connectivity index (χ0n) is 36.2. The molecule has 328 valence electrons. The van der Waals surface area contributed by atoms with E-state index in [0.29, 0.717) is 65.7 Å². The van der Waals surface area contributed by atoms with E-state index >= 15 is 0 Å². The van der Waals surface area contributed by atoms with Gasteiger partial charge in [-0.25, -0.2) is 0 Å². The fraction of sp³-hybridized carbons (Fsp3) is 0.955. The van der Waals surface area contributed by atoms with Crippen molar-refractivity contribution in [1.82, 2.24) is 4.90 Å². The van der Waals surface area contributed by atoms with Crippen molar-refractivity contribution in [2.24, 2.45) is 0 Å². The zero-order chi connectivity index (χ0) is 40.3. The summed E-state index contributed by atoms with van der Waals surface area (Å²) < 4.78 is 40.6. The van der Waals surface area contributed by atoms with Crippen LogP contribution in [-0.2, 0) is 42.7 Å². The van der Waals surface area contributed by atoms with Gasteiger partial charge in [-0.3, -0.25) is 9.59 Å². The van der Waals surface area contributed by atoms with E-state index in [2.05, 4.69) is 32.6 Å². The molecule has 0 aliphatic rings. The zero-order valence-corrected chi connectivity index (χ0v) is 36.2. The lowest BCUT2D eigenvalue weighted by Crippen LogP contribution is -2.30. The number of hydrogen-bond acceptors (Lipinski definition) is 11. The molecule has 55 heavy (non-hydrogen) atoms. The molecule has 0 bridgehead atoms. The number of hydrogen-bond donors (Lipinski definition) is 1. The van der Waals surface area contributed by atoms with Crippen molar-refractivity contribution in [3.8, 4) is 0 Å². The van der Waals surface area contributed by atoms with E-state index in [1.165, 1.54) is 51.4 Å². The third kappa shape index (κ3) is 39.3. The minimum atomic E-state index is -0.359. The van der Waals surface area contributed by atoms with Gasteiger partial charge in [0.2, 0.25) is 0 Å². The van der Waals surface area contributed by atoms with Crippen molar-refractivity contribution < 1.29 is 47.9 Å². The van der Waals surface area contributed by atoms with Gasteiger partial charge < -0.3 is 43.2 Å². The molecule has 0 rings (SSSR count). The van der Waals surface area contributed by atoms with Crippen LogP contribution < -0.4 is 0 Å². The van der Waals surface area contributed by atoms with Crippen LogP contribution in [0.4, 0.5) is 0 Å². The highest BCUT2D eigenvalue weighted by Crippen LogP contribution is 2.13. The third-order valence-corrected chi connectivity index (χ3v) is 9.43. The molecule has 11 nitrogen and oxygen atoms in total. The molecular formula is C44H87NO10. The molecule has 11 heteroatoms. The Morgan fingerprint density at radius 3 is 1.15 bits per heavy atom. The Morgan fingerprint density at radius 2 is 0.800 bits per heavy atom. The van der Waals surface area contributed by atoms with Crippen molar-refractivity contribution in [3.63, 3.8) is 0 Å². The summed E-state index contributed by atoms with van der Waals surface area (Å²) in [6.45, 7) is 15.5. The van der Waals surface area contributed by atoms with Gasteiger partial charge in [0, 0.05) is 45.8 Å². The maximum atomic E-state index is 12.5. The summed E-state index contributed by atoms with van der Waals surface area (Å²) in [7, 11) is 0. The lowest BCUT2D eigenvalue weighted by Gasteiger charge is -2.22. The molecule has 0 atom stereocenters. The van der Waals surface area contributed by atoms with Gasteiger partial charge in [-0.2, -0.15) is 0 Å². The molecule has 0 unspecified atom stereocenters. The Labute approximate surface area is 337 Å². The number of unbranched alkanes of at least 4 members (excludes halogenated alkanes) is 14. The van der Waals surface area contributed by atoms with Crippen LogP contribution in [0.5, 0.6) is 0 Å². The second kappa shape index (κ2) is 43.8.